The second kappa shape index (κ2) is 7.93. The van der Waals surface area contributed by atoms with Crippen LogP contribution in [-0.4, -0.2) is 14.3 Å². The molecule has 1 saturated carbocycles. The molecule has 0 saturated heterocycles. The van der Waals surface area contributed by atoms with Gasteiger partial charge in [-0.3, -0.25) is 9.52 Å². The number of carbonyl (C=O) groups excluding carboxylic acids is 1. The van der Waals surface area contributed by atoms with Crippen molar-refractivity contribution in [2.24, 2.45) is 0 Å². The SMILES string of the molecule is N#Cc1ccc(CS(=O)(=O)NC(=O)C2(c3ccccc3)CCCCC2)cc1. The van der Waals surface area contributed by atoms with Crippen LogP contribution in [0.3, 0.4) is 0 Å². The molecule has 0 bridgehead atoms. The summed E-state index contributed by atoms with van der Waals surface area (Å²) in [4.78, 5) is 13.1. The van der Waals surface area contributed by atoms with Gasteiger partial charge in [-0.05, 0) is 36.1 Å². The molecule has 0 heterocycles. The summed E-state index contributed by atoms with van der Waals surface area (Å²) in [5.74, 6) is -0.739. The van der Waals surface area contributed by atoms with Crippen molar-refractivity contribution in [3.05, 3.63) is 71.3 Å². The average Bonchev–Trinajstić information content (AvgIpc) is 2.69. The Morgan fingerprint density at radius 2 is 1.63 bits per heavy atom. The van der Waals surface area contributed by atoms with Crippen LogP contribution in [0, 0.1) is 11.3 Å². The Hall–Kier alpha value is -2.65. The molecule has 1 fully saturated rings. The number of benzene rings is 2. The molecule has 0 spiro atoms. The Morgan fingerprint density at radius 1 is 1.00 bits per heavy atom. The van der Waals surface area contributed by atoms with Crippen molar-refractivity contribution >= 4 is 15.9 Å². The van der Waals surface area contributed by atoms with Gasteiger partial charge in [0.2, 0.25) is 15.9 Å². The van der Waals surface area contributed by atoms with E-state index in [1.165, 1.54) is 0 Å². The molecule has 2 aromatic carbocycles. The van der Waals surface area contributed by atoms with E-state index in [2.05, 4.69) is 4.72 Å². The zero-order valence-corrected chi connectivity index (χ0v) is 15.8. The molecule has 5 nitrogen and oxygen atoms in total. The van der Waals surface area contributed by atoms with Crippen molar-refractivity contribution in [3.8, 4) is 6.07 Å². The summed E-state index contributed by atoms with van der Waals surface area (Å²) < 4.78 is 27.5. The molecule has 2 aromatic rings. The monoisotopic (exact) mass is 382 g/mol. The summed E-state index contributed by atoms with van der Waals surface area (Å²) in [5, 5.41) is 8.84. The fraction of sp³-hybridized carbons (Fsp3) is 0.333. The summed E-state index contributed by atoms with van der Waals surface area (Å²) in [6.07, 6.45) is 4.15. The second-order valence-electron chi connectivity index (χ2n) is 7.01. The van der Waals surface area contributed by atoms with Gasteiger partial charge in [-0.25, -0.2) is 8.42 Å². The molecule has 6 heteroatoms. The minimum Gasteiger partial charge on any atom is -0.273 e. The number of carbonyl (C=O) groups is 1. The molecule has 140 valence electrons. The van der Waals surface area contributed by atoms with E-state index in [-0.39, 0.29) is 5.75 Å². The summed E-state index contributed by atoms with van der Waals surface area (Å²) in [6.45, 7) is 0. The summed E-state index contributed by atoms with van der Waals surface area (Å²) >= 11 is 0. The van der Waals surface area contributed by atoms with Gasteiger partial charge >= 0.3 is 0 Å². The maximum Gasteiger partial charge on any atom is 0.244 e. The molecule has 1 N–H and O–H groups in total. The van der Waals surface area contributed by atoms with Gasteiger partial charge in [-0.2, -0.15) is 5.26 Å². The molecule has 0 radical (unpaired) electrons. The molecule has 1 amide bonds. The van der Waals surface area contributed by atoms with Gasteiger partial charge in [0.1, 0.15) is 0 Å². The highest BCUT2D eigenvalue weighted by atomic mass is 32.2. The van der Waals surface area contributed by atoms with Crippen LogP contribution in [-0.2, 0) is 26.0 Å². The van der Waals surface area contributed by atoms with Crippen LogP contribution in [0.1, 0.15) is 48.8 Å². The van der Waals surface area contributed by atoms with E-state index in [9.17, 15) is 13.2 Å². The second-order valence-corrected chi connectivity index (χ2v) is 8.73. The fourth-order valence-corrected chi connectivity index (χ4v) is 4.91. The lowest BCUT2D eigenvalue weighted by molar-refractivity contribution is -0.126. The smallest absolute Gasteiger partial charge is 0.244 e. The molecular formula is C21H22N2O3S. The zero-order valence-electron chi connectivity index (χ0n) is 15.0. The summed E-state index contributed by atoms with van der Waals surface area (Å²) in [6, 6.07) is 17.8. The minimum absolute atomic E-state index is 0.296. The third-order valence-corrected chi connectivity index (χ3v) is 6.37. The van der Waals surface area contributed by atoms with E-state index in [4.69, 9.17) is 5.26 Å². The quantitative estimate of drug-likeness (QED) is 0.858. The molecule has 1 aliphatic carbocycles. The van der Waals surface area contributed by atoms with Crippen molar-refractivity contribution in [2.45, 2.75) is 43.3 Å². The van der Waals surface area contributed by atoms with Crippen LogP contribution >= 0.6 is 0 Å². The normalized spacial score (nSPS) is 16.3. The van der Waals surface area contributed by atoms with Crippen LogP contribution in [0.25, 0.3) is 0 Å². The Labute approximate surface area is 160 Å². The largest absolute Gasteiger partial charge is 0.273 e. The standard InChI is InChI=1S/C21H22N2O3S/c22-15-17-9-11-18(12-10-17)16-27(25,26)23-20(24)21(13-5-2-6-14-21)19-7-3-1-4-8-19/h1,3-4,7-12H,2,5-6,13-14,16H2,(H,23,24). The molecule has 0 atom stereocenters. The third-order valence-electron chi connectivity index (χ3n) is 5.16. The number of nitrogens with one attached hydrogen (secondary N) is 1. The van der Waals surface area contributed by atoms with E-state index in [1.807, 2.05) is 36.4 Å². The number of hydrogen-bond donors (Lipinski definition) is 1. The van der Waals surface area contributed by atoms with Gasteiger partial charge in [0, 0.05) is 0 Å². The van der Waals surface area contributed by atoms with Gasteiger partial charge in [0.05, 0.1) is 22.8 Å². The Balaban J connectivity index is 1.81. The Kier molecular flexibility index (Phi) is 5.62. The molecule has 0 aliphatic heterocycles. The maximum absolute atomic E-state index is 13.1. The van der Waals surface area contributed by atoms with E-state index >= 15 is 0 Å². The topological polar surface area (TPSA) is 87.0 Å². The summed E-state index contributed by atoms with van der Waals surface area (Å²) in [5.41, 5.74) is 1.07. The first kappa shape index (κ1) is 19.1. The zero-order chi connectivity index (χ0) is 19.3. The average molecular weight is 382 g/mol. The first-order chi connectivity index (χ1) is 13.0. The van der Waals surface area contributed by atoms with E-state index in [0.717, 1.165) is 24.8 Å². The Morgan fingerprint density at radius 3 is 2.22 bits per heavy atom. The molecule has 3 rings (SSSR count). The van der Waals surface area contributed by atoms with Crippen LogP contribution in [0.4, 0.5) is 0 Å². The van der Waals surface area contributed by atoms with E-state index in [0.29, 0.717) is 24.0 Å². The third kappa shape index (κ3) is 4.37. The van der Waals surface area contributed by atoms with Gasteiger partial charge in [0.25, 0.3) is 0 Å². The lowest BCUT2D eigenvalue weighted by Crippen LogP contribution is -2.48. The van der Waals surface area contributed by atoms with Crippen LogP contribution in [0.15, 0.2) is 54.6 Å². The first-order valence-electron chi connectivity index (χ1n) is 9.05. The van der Waals surface area contributed by atoms with Gasteiger partial charge in [-0.15, -0.1) is 0 Å². The number of nitrogens with zero attached hydrogens (tertiary/aromatic N) is 1. The van der Waals surface area contributed by atoms with Crippen LogP contribution in [0.5, 0.6) is 0 Å². The lowest BCUT2D eigenvalue weighted by Gasteiger charge is -2.36. The number of amides is 1. The van der Waals surface area contributed by atoms with E-state index < -0.39 is 21.3 Å². The first-order valence-corrected chi connectivity index (χ1v) is 10.7. The Bertz CT molecular complexity index is 939. The molecule has 1 aliphatic rings. The minimum atomic E-state index is -3.83. The van der Waals surface area contributed by atoms with Gasteiger partial charge < -0.3 is 0 Å². The maximum atomic E-state index is 13.1. The van der Waals surface area contributed by atoms with Crippen LogP contribution in [0.2, 0.25) is 0 Å². The highest BCUT2D eigenvalue weighted by Crippen LogP contribution is 2.39. The van der Waals surface area contributed by atoms with Crippen molar-refractivity contribution in [3.63, 3.8) is 0 Å². The van der Waals surface area contributed by atoms with E-state index in [1.54, 1.807) is 24.3 Å². The molecule has 0 unspecified atom stereocenters. The highest BCUT2D eigenvalue weighted by Gasteiger charge is 2.42. The number of nitriles is 1. The van der Waals surface area contributed by atoms with Crippen molar-refractivity contribution in [1.82, 2.24) is 4.72 Å². The predicted octanol–water partition coefficient (Wildman–Crippen LogP) is 3.41. The van der Waals surface area contributed by atoms with Gasteiger partial charge in [-0.1, -0.05) is 61.7 Å². The van der Waals surface area contributed by atoms with Crippen LogP contribution < -0.4 is 4.72 Å². The predicted molar refractivity (Wildman–Crippen MR) is 103 cm³/mol. The van der Waals surface area contributed by atoms with Crippen molar-refractivity contribution < 1.29 is 13.2 Å². The lowest BCUT2D eigenvalue weighted by atomic mass is 9.69. The van der Waals surface area contributed by atoms with Crippen molar-refractivity contribution in [1.29, 1.82) is 5.26 Å². The number of hydrogen-bond acceptors (Lipinski definition) is 4. The van der Waals surface area contributed by atoms with Gasteiger partial charge in [0.15, 0.2) is 0 Å². The fourth-order valence-electron chi connectivity index (χ4n) is 3.73. The van der Waals surface area contributed by atoms with Crippen molar-refractivity contribution in [2.75, 3.05) is 0 Å². The molecule has 27 heavy (non-hydrogen) atoms. The number of sulfonamides is 1. The molecular weight excluding hydrogens is 360 g/mol. The number of rotatable bonds is 5. The molecule has 0 aromatic heterocycles. The highest BCUT2D eigenvalue weighted by molar-refractivity contribution is 7.89. The summed E-state index contributed by atoms with van der Waals surface area (Å²) in [7, 11) is -3.83.